The van der Waals surface area contributed by atoms with E-state index in [0.29, 0.717) is 0 Å². The van der Waals surface area contributed by atoms with E-state index in [-0.39, 0.29) is 0 Å². The first kappa shape index (κ1) is 10.2. The molecule has 0 radical (unpaired) electrons. The van der Waals surface area contributed by atoms with Crippen LogP contribution in [-0.2, 0) is 0 Å². The number of rotatable bonds is 3. The summed E-state index contributed by atoms with van der Waals surface area (Å²) < 4.78 is 0. The maximum absolute atomic E-state index is 5.79. The SMILES string of the molecule is C=C(C)CSc1cccc(N)c1C. The average Bonchev–Trinajstić information content (AvgIpc) is 2.07. The van der Waals surface area contributed by atoms with Gasteiger partial charge in [0.15, 0.2) is 0 Å². The Bertz CT molecular complexity index is 318. The van der Waals surface area contributed by atoms with Gasteiger partial charge in [0.05, 0.1) is 0 Å². The molecule has 0 aliphatic carbocycles. The van der Waals surface area contributed by atoms with Crippen LogP contribution in [0, 0.1) is 6.92 Å². The molecule has 0 saturated carbocycles. The van der Waals surface area contributed by atoms with Crippen LogP contribution < -0.4 is 5.73 Å². The molecule has 0 saturated heterocycles. The van der Waals surface area contributed by atoms with E-state index in [1.165, 1.54) is 16.0 Å². The lowest BCUT2D eigenvalue weighted by molar-refractivity contribution is 1.30. The zero-order chi connectivity index (χ0) is 9.84. The van der Waals surface area contributed by atoms with Gasteiger partial charge in [0.1, 0.15) is 0 Å². The Labute approximate surface area is 84.0 Å². The Morgan fingerprint density at radius 1 is 1.54 bits per heavy atom. The van der Waals surface area contributed by atoms with E-state index < -0.39 is 0 Å². The Kier molecular flexibility index (Phi) is 3.43. The summed E-state index contributed by atoms with van der Waals surface area (Å²) in [6, 6.07) is 6.02. The first-order chi connectivity index (χ1) is 6.11. The van der Waals surface area contributed by atoms with Crippen molar-refractivity contribution in [1.82, 2.24) is 0 Å². The molecular formula is C11H15NS. The molecule has 13 heavy (non-hydrogen) atoms. The minimum absolute atomic E-state index is 0.867. The second kappa shape index (κ2) is 4.38. The first-order valence-corrected chi connectivity index (χ1v) is 5.22. The van der Waals surface area contributed by atoms with Gasteiger partial charge in [-0.1, -0.05) is 18.2 Å². The van der Waals surface area contributed by atoms with Crippen molar-refractivity contribution in [2.45, 2.75) is 18.7 Å². The van der Waals surface area contributed by atoms with Gasteiger partial charge in [0, 0.05) is 16.3 Å². The molecule has 0 atom stereocenters. The number of benzene rings is 1. The molecule has 0 aromatic heterocycles. The number of nitrogen functional groups attached to an aromatic ring is 1. The molecule has 1 aromatic carbocycles. The van der Waals surface area contributed by atoms with Crippen molar-refractivity contribution >= 4 is 17.4 Å². The van der Waals surface area contributed by atoms with Crippen LogP contribution in [0.2, 0.25) is 0 Å². The van der Waals surface area contributed by atoms with Gasteiger partial charge in [0.2, 0.25) is 0 Å². The van der Waals surface area contributed by atoms with E-state index in [0.717, 1.165) is 11.4 Å². The molecular weight excluding hydrogens is 178 g/mol. The summed E-state index contributed by atoms with van der Waals surface area (Å²) in [4.78, 5) is 1.25. The molecule has 70 valence electrons. The third kappa shape index (κ3) is 2.81. The van der Waals surface area contributed by atoms with Gasteiger partial charge in [0.25, 0.3) is 0 Å². The minimum atomic E-state index is 0.867. The number of thioether (sulfide) groups is 1. The molecule has 0 fully saturated rings. The molecule has 0 aliphatic rings. The largest absolute Gasteiger partial charge is 0.398 e. The fourth-order valence-electron chi connectivity index (χ4n) is 0.989. The highest BCUT2D eigenvalue weighted by Gasteiger charge is 2.00. The van der Waals surface area contributed by atoms with Crippen LogP contribution in [0.25, 0.3) is 0 Å². The van der Waals surface area contributed by atoms with Gasteiger partial charge in [-0.15, -0.1) is 11.8 Å². The van der Waals surface area contributed by atoms with E-state index in [2.05, 4.69) is 19.6 Å². The van der Waals surface area contributed by atoms with Crippen molar-refractivity contribution in [3.8, 4) is 0 Å². The summed E-state index contributed by atoms with van der Waals surface area (Å²) >= 11 is 1.79. The second-order valence-electron chi connectivity index (χ2n) is 3.22. The summed E-state index contributed by atoms with van der Waals surface area (Å²) in [5, 5.41) is 0. The molecule has 0 bridgehead atoms. The third-order valence-electron chi connectivity index (χ3n) is 1.80. The van der Waals surface area contributed by atoms with Gasteiger partial charge in [-0.3, -0.25) is 0 Å². The molecule has 0 aliphatic heterocycles. The predicted octanol–water partition coefficient (Wildman–Crippen LogP) is 3.25. The lowest BCUT2D eigenvalue weighted by Gasteiger charge is -2.07. The van der Waals surface area contributed by atoms with Crippen molar-refractivity contribution in [1.29, 1.82) is 0 Å². The van der Waals surface area contributed by atoms with Crippen LogP contribution in [0.4, 0.5) is 5.69 Å². The lowest BCUT2D eigenvalue weighted by atomic mass is 10.2. The Balaban J connectivity index is 2.77. The molecule has 1 aromatic rings. The minimum Gasteiger partial charge on any atom is -0.398 e. The highest BCUT2D eigenvalue weighted by molar-refractivity contribution is 7.99. The van der Waals surface area contributed by atoms with Crippen LogP contribution in [0.1, 0.15) is 12.5 Å². The predicted molar refractivity (Wildman–Crippen MR) is 61.1 cm³/mol. The fourth-order valence-corrected chi connectivity index (χ4v) is 1.90. The maximum Gasteiger partial charge on any atom is 0.0354 e. The van der Waals surface area contributed by atoms with Gasteiger partial charge < -0.3 is 5.73 Å². The zero-order valence-electron chi connectivity index (χ0n) is 8.13. The van der Waals surface area contributed by atoms with Crippen molar-refractivity contribution < 1.29 is 0 Å². The summed E-state index contributed by atoms with van der Waals surface area (Å²) in [6.45, 7) is 7.96. The van der Waals surface area contributed by atoms with Gasteiger partial charge in [-0.25, -0.2) is 0 Å². The van der Waals surface area contributed by atoms with Gasteiger partial charge in [-0.05, 0) is 31.5 Å². The Morgan fingerprint density at radius 2 is 2.23 bits per heavy atom. The highest BCUT2D eigenvalue weighted by atomic mass is 32.2. The summed E-state index contributed by atoms with van der Waals surface area (Å²) in [5.74, 6) is 0.963. The van der Waals surface area contributed by atoms with Gasteiger partial charge >= 0.3 is 0 Å². The van der Waals surface area contributed by atoms with Crippen LogP contribution in [-0.4, -0.2) is 5.75 Å². The zero-order valence-corrected chi connectivity index (χ0v) is 8.95. The van der Waals surface area contributed by atoms with Crippen LogP contribution in [0.3, 0.4) is 0 Å². The maximum atomic E-state index is 5.79. The van der Waals surface area contributed by atoms with E-state index in [4.69, 9.17) is 5.73 Å². The standard InChI is InChI=1S/C11H15NS/c1-8(2)7-13-11-6-4-5-10(12)9(11)3/h4-6H,1,7,12H2,2-3H3. The average molecular weight is 193 g/mol. The molecule has 0 unspecified atom stereocenters. The van der Waals surface area contributed by atoms with Gasteiger partial charge in [-0.2, -0.15) is 0 Å². The molecule has 0 spiro atoms. The normalized spacial score (nSPS) is 10.0. The molecule has 2 N–H and O–H groups in total. The Hall–Kier alpha value is -0.890. The quantitative estimate of drug-likeness (QED) is 0.453. The summed E-state index contributed by atoms with van der Waals surface area (Å²) in [6.07, 6.45) is 0. The monoisotopic (exact) mass is 193 g/mol. The van der Waals surface area contributed by atoms with Crippen LogP contribution in [0.15, 0.2) is 35.2 Å². The lowest BCUT2D eigenvalue weighted by Crippen LogP contribution is -1.91. The number of anilines is 1. The molecule has 2 heteroatoms. The smallest absolute Gasteiger partial charge is 0.0354 e. The summed E-state index contributed by atoms with van der Waals surface area (Å²) in [5.41, 5.74) is 9.02. The Morgan fingerprint density at radius 3 is 2.85 bits per heavy atom. The molecule has 0 amide bonds. The third-order valence-corrected chi connectivity index (χ3v) is 3.19. The van der Waals surface area contributed by atoms with Crippen LogP contribution >= 0.6 is 11.8 Å². The van der Waals surface area contributed by atoms with Crippen LogP contribution in [0.5, 0.6) is 0 Å². The van der Waals surface area contributed by atoms with Crippen molar-refractivity contribution in [3.05, 3.63) is 35.9 Å². The first-order valence-electron chi connectivity index (χ1n) is 4.23. The molecule has 1 nitrogen and oxygen atoms in total. The summed E-state index contributed by atoms with van der Waals surface area (Å²) in [7, 11) is 0. The van der Waals surface area contributed by atoms with Crippen molar-refractivity contribution in [2.24, 2.45) is 0 Å². The molecule has 0 heterocycles. The van der Waals surface area contributed by atoms with E-state index in [9.17, 15) is 0 Å². The van der Waals surface area contributed by atoms with Crippen molar-refractivity contribution in [2.75, 3.05) is 11.5 Å². The van der Waals surface area contributed by atoms with Crippen molar-refractivity contribution in [3.63, 3.8) is 0 Å². The number of nitrogens with two attached hydrogens (primary N) is 1. The van der Waals surface area contributed by atoms with E-state index in [1.807, 2.05) is 19.1 Å². The van der Waals surface area contributed by atoms with E-state index in [1.54, 1.807) is 11.8 Å². The highest BCUT2D eigenvalue weighted by Crippen LogP contribution is 2.26. The topological polar surface area (TPSA) is 26.0 Å². The number of hydrogen-bond donors (Lipinski definition) is 1. The second-order valence-corrected chi connectivity index (χ2v) is 4.23. The van der Waals surface area contributed by atoms with E-state index >= 15 is 0 Å². The number of hydrogen-bond acceptors (Lipinski definition) is 2. The fraction of sp³-hybridized carbons (Fsp3) is 0.273. The molecule has 1 rings (SSSR count).